The summed E-state index contributed by atoms with van der Waals surface area (Å²) >= 11 is 0. The van der Waals surface area contributed by atoms with Gasteiger partial charge in [-0.3, -0.25) is 14.2 Å². The van der Waals surface area contributed by atoms with Gasteiger partial charge in [0.2, 0.25) is 0 Å². The number of nitrogens with zero attached hydrogens (tertiary/aromatic N) is 4. The lowest BCUT2D eigenvalue weighted by atomic mass is 10.1. The minimum atomic E-state index is -0.220. The van der Waals surface area contributed by atoms with Gasteiger partial charge in [-0.15, -0.1) is 10.2 Å². The summed E-state index contributed by atoms with van der Waals surface area (Å²) in [5.41, 5.74) is 4.79. The van der Waals surface area contributed by atoms with Crippen LogP contribution in [0.4, 0.5) is 11.4 Å². The van der Waals surface area contributed by atoms with Crippen molar-refractivity contribution in [2.24, 2.45) is 0 Å². The molecule has 8 nitrogen and oxygen atoms in total. The first-order valence-electron chi connectivity index (χ1n) is 9.26. The summed E-state index contributed by atoms with van der Waals surface area (Å²) in [4.78, 5) is 26.9. The van der Waals surface area contributed by atoms with Crippen molar-refractivity contribution >= 4 is 23.2 Å². The number of aromatic nitrogens is 3. The van der Waals surface area contributed by atoms with Crippen LogP contribution in [0.25, 0.3) is 5.69 Å². The molecule has 0 saturated heterocycles. The maximum absolute atomic E-state index is 13.0. The van der Waals surface area contributed by atoms with Crippen LogP contribution in [0.1, 0.15) is 21.5 Å². The zero-order valence-electron chi connectivity index (χ0n) is 16.3. The highest BCUT2D eigenvalue weighted by Gasteiger charge is 2.25. The van der Waals surface area contributed by atoms with Gasteiger partial charge in [0, 0.05) is 25.0 Å². The number of hydrogen-bond donors (Lipinski definition) is 1. The van der Waals surface area contributed by atoms with Gasteiger partial charge in [0.15, 0.2) is 0 Å². The number of rotatable bonds is 5. The third-order valence-electron chi connectivity index (χ3n) is 4.90. The van der Waals surface area contributed by atoms with Crippen molar-refractivity contribution in [1.29, 1.82) is 0 Å². The van der Waals surface area contributed by atoms with Crippen molar-refractivity contribution in [3.8, 4) is 5.69 Å². The number of carbonyl (C=O) groups is 2. The quantitative estimate of drug-likeness (QED) is 0.721. The molecule has 148 valence electrons. The molecule has 2 heterocycles. The van der Waals surface area contributed by atoms with Gasteiger partial charge < -0.3 is 15.0 Å². The molecule has 4 rings (SSSR count). The predicted molar refractivity (Wildman–Crippen MR) is 108 cm³/mol. The lowest BCUT2D eigenvalue weighted by Crippen LogP contribution is -2.31. The monoisotopic (exact) mass is 391 g/mol. The van der Waals surface area contributed by atoms with Crippen molar-refractivity contribution in [2.75, 3.05) is 30.5 Å². The zero-order valence-corrected chi connectivity index (χ0v) is 16.3. The van der Waals surface area contributed by atoms with Crippen LogP contribution >= 0.6 is 0 Å². The first kappa shape index (κ1) is 18.8. The predicted octanol–water partition coefficient (Wildman–Crippen LogP) is 2.36. The van der Waals surface area contributed by atoms with E-state index in [1.54, 1.807) is 22.1 Å². The highest BCUT2D eigenvalue weighted by Crippen LogP contribution is 2.31. The summed E-state index contributed by atoms with van der Waals surface area (Å²) in [5.74, 6) is -0.288. The molecule has 1 N–H and O–H groups in total. The summed E-state index contributed by atoms with van der Waals surface area (Å²) in [6, 6.07) is 11.2. The lowest BCUT2D eigenvalue weighted by Gasteiger charge is -2.17. The van der Waals surface area contributed by atoms with Crippen LogP contribution < -0.4 is 10.2 Å². The van der Waals surface area contributed by atoms with E-state index in [4.69, 9.17) is 4.74 Å². The third-order valence-corrected chi connectivity index (χ3v) is 4.90. The lowest BCUT2D eigenvalue weighted by molar-refractivity contribution is -0.122. The summed E-state index contributed by atoms with van der Waals surface area (Å²) in [7, 11) is 1.51. The van der Waals surface area contributed by atoms with E-state index < -0.39 is 0 Å². The molecular formula is C21H21N5O3. The first-order valence-corrected chi connectivity index (χ1v) is 9.26. The topological polar surface area (TPSA) is 89.4 Å². The molecule has 0 fully saturated rings. The van der Waals surface area contributed by atoms with Crippen LogP contribution in [0.2, 0.25) is 0 Å². The Morgan fingerprint density at radius 3 is 2.62 bits per heavy atom. The van der Waals surface area contributed by atoms with Gasteiger partial charge in [-0.25, -0.2) is 0 Å². The Balaban J connectivity index is 1.58. The Kier molecular flexibility index (Phi) is 5.09. The second-order valence-electron chi connectivity index (χ2n) is 6.92. The molecule has 3 aromatic rings. The summed E-state index contributed by atoms with van der Waals surface area (Å²) in [6.07, 6.45) is 3.86. The van der Waals surface area contributed by atoms with Crippen molar-refractivity contribution in [1.82, 2.24) is 14.8 Å². The number of amides is 2. The normalized spacial score (nSPS) is 12.7. The van der Waals surface area contributed by atoms with Crippen molar-refractivity contribution in [3.63, 3.8) is 0 Å². The second kappa shape index (κ2) is 7.84. The SMILES string of the molecule is COCC(=O)N1CCc2cc(NC(=O)c3cc(C)ccc3-n3cnnc3)ccc21. The van der Waals surface area contributed by atoms with Gasteiger partial charge in [-0.1, -0.05) is 11.6 Å². The number of anilines is 2. The van der Waals surface area contributed by atoms with Crippen LogP contribution in [-0.2, 0) is 16.0 Å². The van der Waals surface area contributed by atoms with Crippen LogP contribution in [0.5, 0.6) is 0 Å². The molecule has 0 radical (unpaired) electrons. The Hall–Kier alpha value is -3.52. The molecule has 0 aliphatic carbocycles. The standard InChI is InChI=1S/C21H21N5O3/c1-14-3-5-19(25-12-22-23-13-25)17(9-14)21(28)24-16-4-6-18-15(10-16)7-8-26(18)20(27)11-29-2/h3-6,9-10,12-13H,7-8,11H2,1-2H3,(H,24,28). The smallest absolute Gasteiger partial charge is 0.257 e. The number of aryl methyl sites for hydroxylation is 1. The van der Waals surface area contributed by atoms with Gasteiger partial charge in [0.05, 0.1) is 11.3 Å². The molecule has 1 aromatic heterocycles. The molecule has 0 unspecified atom stereocenters. The minimum Gasteiger partial charge on any atom is -0.375 e. The van der Waals surface area contributed by atoms with Crippen molar-refractivity contribution in [3.05, 3.63) is 65.7 Å². The Morgan fingerprint density at radius 2 is 1.86 bits per heavy atom. The molecule has 0 atom stereocenters. The van der Waals surface area contributed by atoms with Gasteiger partial charge in [0.25, 0.3) is 11.8 Å². The van der Waals surface area contributed by atoms with E-state index in [1.807, 2.05) is 43.3 Å². The third kappa shape index (κ3) is 3.74. The number of benzene rings is 2. The van der Waals surface area contributed by atoms with E-state index in [0.717, 1.165) is 23.2 Å². The van der Waals surface area contributed by atoms with E-state index in [-0.39, 0.29) is 18.4 Å². The van der Waals surface area contributed by atoms with Crippen LogP contribution in [-0.4, -0.2) is 46.8 Å². The van der Waals surface area contributed by atoms with Gasteiger partial charge in [-0.05, 0) is 49.2 Å². The fourth-order valence-electron chi connectivity index (χ4n) is 3.52. The highest BCUT2D eigenvalue weighted by atomic mass is 16.5. The van der Waals surface area contributed by atoms with E-state index in [9.17, 15) is 9.59 Å². The number of nitrogens with one attached hydrogen (secondary N) is 1. The zero-order chi connectivity index (χ0) is 20.4. The van der Waals surface area contributed by atoms with Gasteiger partial charge >= 0.3 is 0 Å². The Labute approximate surface area is 168 Å². The largest absolute Gasteiger partial charge is 0.375 e. The fourth-order valence-corrected chi connectivity index (χ4v) is 3.52. The summed E-state index contributed by atoms with van der Waals surface area (Å²) < 4.78 is 6.65. The molecule has 1 aliphatic heterocycles. The number of carbonyl (C=O) groups excluding carboxylic acids is 2. The number of ether oxygens (including phenoxy) is 1. The van der Waals surface area contributed by atoms with E-state index in [1.165, 1.54) is 7.11 Å². The van der Waals surface area contributed by atoms with Crippen molar-refractivity contribution in [2.45, 2.75) is 13.3 Å². The minimum absolute atomic E-state index is 0.0527. The average molecular weight is 391 g/mol. The summed E-state index contributed by atoms with van der Waals surface area (Å²) in [5, 5.41) is 10.6. The number of fused-ring (bicyclic) bond motifs is 1. The molecular weight excluding hydrogens is 370 g/mol. The van der Waals surface area contributed by atoms with E-state index in [2.05, 4.69) is 15.5 Å². The molecule has 29 heavy (non-hydrogen) atoms. The van der Waals surface area contributed by atoms with E-state index >= 15 is 0 Å². The molecule has 0 spiro atoms. The van der Waals surface area contributed by atoms with Crippen LogP contribution in [0.3, 0.4) is 0 Å². The second-order valence-corrected chi connectivity index (χ2v) is 6.92. The van der Waals surface area contributed by atoms with Crippen LogP contribution in [0, 0.1) is 6.92 Å². The van der Waals surface area contributed by atoms with Gasteiger partial charge in [-0.2, -0.15) is 0 Å². The maximum Gasteiger partial charge on any atom is 0.257 e. The molecule has 1 aliphatic rings. The molecule has 2 amide bonds. The van der Waals surface area contributed by atoms with Crippen LogP contribution in [0.15, 0.2) is 49.1 Å². The van der Waals surface area contributed by atoms with Gasteiger partial charge in [0.1, 0.15) is 19.3 Å². The molecule has 0 bridgehead atoms. The summed E-state index contributed by atoms with van der Waals surface area (Å²) in [6.45, 7) is 2.61. The maximum atomic E-state index is 13.0. The number of methoxy groups -OCH3 is 1. The van der Waals surface area contributed by atoms with Crippen molar-refractivity contribution < 1.29 is 14.3 Å². The average Bonchev–Trinajstić information content (AvgIpc) is 3.37. The van der Waals surface area contributed by atoms with E-state index in [0.29, 0.717) is 23.5 Å². The number of hydrogen-bond acceptors (Lipinski definition) is 5. The Morgan fingerprint density at radius 1 is 1.10 bits per heavy atom. The Bertz CT molecular complexity index is 1060. The highest BCUT2D eigenvalue weighted by molar-refractivity contribution is 6.07. The molecule has 8 heteroatoms. The fraction of sp³-hybridized carbons (Fsp3) is 0.238. The first-order chi connectivity index (χ1) is 14.1. The molecule has 0 saturated carbocycles. The molecule has 2 aromatic carbocycles.